The minimum atomic E-state index is -3.78. The highest BCUT2D eigenvalue weighted by molar-refractivity contribution is 7.91. The quantitative estimate of drug-likeness (QED) is 0.853. The van der Waals surface area contributed by atoms with Crippen molar-refractivity contribution in [2.45, 2.75) is 5.75 Å². The number of pyridine rings is 1. The first-order valence-electron chi connectivity index (χ1n) is 5.91. The smallest absolute Gasteiger partial charge is 0.354 e. The minimum absolute atomic E-state index is 0.102. The number of halogens is 2. The van der Waals surface area contributed by atoms with E-state index >= 15 is 0 Å². The van der Waals surface area contributed by atoms with Crippen LogP contribution in [0.3, 0.4) is 0 Å². The van der Waals surface area contributed by atoms with E-state index in [1.54, 1.807) is 18.2 Å². The number of nitrogens with zero attached hydrogens (tertiary/aromatic N) is 1. The molecule has 22 heavy (non-hydrogen) atoms. The van der Waals surface area contributed by atoms with Crippen LogP contribution in [-0.4, -0.2) is 24.5 Å². The van der Waals surface area contributed by atoms with Gasteiger partial charge < -0.3 is 5.11 Å². The predicted octanol–water partition coefficient (Wildman–Crippen LogP) is 3.03. The van der Waals surface area contributed by atoms with Crippen molar-refractivity contribution in [3.05, 3.63) is 57.8 Å². The number of carboxylic acid groups (broad SMARTS) is 1. The summed E-state index contributed by atoms with van der Waals surface area (Å²) in [6, 6.07) is 7.16. The highest BCUT2D eigenvalue weighted by Crippen LogP contribution is 2.27. The molecule has 1 aromatic heterocycles. The molecule has 0 spiro atoms. The summed E-state index contributed by atoms with van der Waals surface area (Å²) in [5.74, 6) is -1.64. The summed E-state index contributed by atoms with van der Waals surface area (Å²) < 4.78 is 26.5. The number of aromatic carboxylic acids is 1. The van der Waals surface area contributed by atoms with Gasteiger partial charge in [-0.3, -0.25) is 4.72 Å². The monoisotopic (exact) mass is 360 g/mol. The van der Waals surface area contributed by atoms with Gasteiger partial charge in [0.05, 0.1) is 21.5 Å². The van der Waals surface area contributed by atoms with Gasteiger partial charge in [-0.25, -0.2) is 18.2 Å². The average Bonchev–Trinajstić information content (AvgIpc) is 2.43. The molecule has 9 heteroatoms. The number of hydrogen-bond donors (Lipinski definition) is 2. The Morgan fingerprint density at radius 2 is 2.00 bits per heavy atom. The molecule has 2 N–H and O–H groups in total. The third kappa shape index (κ3) is 4.09. The number of sulfonamides is 1. The molecular weight excluding hydrogens is 351 g/mol. The highest BCUT2D eigenvalue weighted by Gasteiger charge is 2.16. The van der Waals surface area contributed by atoms with Crippen molar-refractivity contribution in [2.75, 3.05) is 4.72 Å². The number of carbonyl (C=O) groups is 1. The van der Waals surface area contributed by atoms with E-state index in [4.69, 9.17) is 28.3 Å². The van der Waals surface area contributed by atoms with Crippen LogP contribution < -0.4 is 4.72 Å². The highest BCUT2D eigenvalue weighted by atomic mass is 35.5. The van der Waals surface area contributed by atoms with Crippen LogP contribution in [0.1, 0.15) is 16.1 Å². The molecule has 0 unspecified atom stereocenters. The number of nitrogens with one attached hydrogen (secondary N) is 1. The molecule has 2 rings (SSSR count). The Morgan fingerprint density at radius 3 is 2.68 bits per heavy atom. The first-order chi connectivity index (χ1) is 10.3. The van der Waals surface area contributed by atoms with Gasteiger partial charge in [-0.1, -0.05) is 35.3 Å². The molecule has 0 radical (unpaired) electrons. The van der Waals surface area contributed by atoms with Crippen molar-refractivity contribution in [1.82, 2.24) is 4.98 Å². The fourth-order valence-electron chi connectivity index (χ4n) is 1.69. The summed E-state index contributed by atoms with van der Waals surface area (Å²) in [6.45, 7) is 0. The number of anilines is 1. The molecule has 0 saturated carbocycles. The van der Waals surface area contributed by atoms with E-state index in [0.717, 1.165) is 6.07 Å². The van der Waals surface area contributed by atoms with E-state index in [-0.39, 0.29) is 21.4 Å². The van der Waals surface area contributed by atoms with Crippen LogP contribution in [0.4, 0.5) is 5.69 Å². The zero-order chi connectivity index (χ0) is 16.3. The van der Waals surface area contributed by atoms with Gasteiger partial charge in [-0.05, 0) is 23.8 Å². The zero-order valence-corrected chi connectivity index (χ0v) is 13.3. The minimum Gasteiger partial charge on any atom is -0.477 e. The van der Waals surface area contributed by atoms with Crippen molar-refractivity contribution in [2.24, 2.45) is 0 Å². The molecule has 0 bridgehead atoms. The van der Waals surface area contributed by atoms with Gasteiger partial charge in [0.25, 0.3) is 0 Å². The van der Waals surface area contributed by atoms with Crippen molar-refractivity contribution in [3.8, 4) is 0 Å². The second-order valence-electron chi connectivity index (χ2n) is 4.31. The van der Waals surface area contributed by atoms with Gasteiger partial charge in [-0.15, -0.1) is 0 Å². The van der Waals surface area contributed by atoms with Crippen molar-refractivity contribution >= 4 is 44.9 Å². The molecule has 0 saturated heterocycles. The zero-order valence-electron chi connectivity index (χ0n) is 11.0. The summed E-state index contributed by atoms with van der Waals surface area (Å²) in [7, 11) is -3.78. The Labute approximate surface area is 136 Å². The second-order valence-corrected chi connectivity index (χ2v) is 6.82. The summed E-state index contributed by atoms with van der Waals surface area (Å²) in [6.07, 6.45) is 1.20. The number of carboxylic acids is 1. The van der Waals surface area contributed by atoms with Crippen LogP contribution in [0, 0.1) is 0 Å². The fourth-order valence-corrected chi connectivity index (χ4v) is 3.37. The lowest BCUT2D eigenvalue weighted by Crippen LogP contribution is -2.16. The third-order valence-electron chi connectivity index (χ3n) is 2.63. The maximum atomic E-state index is 12.1. The van der Waals surface area contributed by atoms with E-state index in [1.165, 1.54) is 12.3 Å². The predicted molar refractivity (Wildman–Crippen MR) is 83.9 cm³/mol. The number of hydrogen-bond acceptors (Lipinski definition) is 4. The molecule has 6 nitrogen and oxygen atoms in total. The van der Waals surface area contributed by atoms with E-state index < -0.39 is 21.7 Å². The lowest BCUT2D eigenvalue weighted by molar-refractivity contribution is 0.0690. The summed E-state index contributed by atoms with van der Waals surface area (Å²) in [5, 5.41) is 9.26. The normalized spacial score (nSPS) is 11.2. The van der Waals surface area contributed by atoms with Gasteiger partial charge in [0, 0.05) is 6.20 Å². The summed E-state index contributed by atoms with van der Waals surface area (Å²) in [4.78, 5) is 14.4. The van der Waals surface area contributed by atoms with E-state index in [2.05, 4.69) is 9.71 Å². The number of rotatable bonds is 5. The van der Waals surface area contributed by atoms with E-state index in [1.807, 2.05) is 0 Å². The molecule has 0 amide bonds. The average molecular weight is 361 g/mol. The molecule has 2 aromatic rings. The van der Waals surface area contributed by atoms with Crippen LogP contribution in [0.2, 0.25) is 10.0 Å². The maximum Gasteiger partial charge on any atom is 0.354 e. The van der Waals surface area contributed by atoms with Crippen LogP contribution in [-0.2, 0) is 15.8 Å². The van der Waals surface area contributed by atoms with Gasteiger partial charge >= 0.3 is 5.97 Å². The lowest BCUT2D eigenvalue weighted by atomic mass is 10.2. The van der Waals surface area contributed by atoms with Crippen LogP contribution >= 0.6 is 23.2 Å². The molecular formula is C13H10Cl2N2O4S. The molecule has 116 valence electrons. The molecule has 0 aliphatic carbocycles. The summed E-state index contributed by atoms with van der Waals surface area (Å²) in [5.41, 5.74) is 0.181. The van der Waals surface area contributed by atoms with Crippen molar-refractivity contribution in [3.63, 3.8) is 0 Å². The van der Waals surface area contributed by atoms with Gasteiger partial charge in [0.1, 0.15) is 5.69 Å². The van der Waals surface area contributed by atoms with E-state index in [0.29, 0.717) is 5.56 Å². The fraction of sp³-hybridized carbons (Fsp3) is 0.0769. The Kier molecular flexibility index (Phi) is 4.90. The standard InChI is InChI=1S/C13H10Cl2N2O4S/c14-10-3-1-2-8(12(10)15)7-22(20,21)17-9-4-5-16-11(6-9)13(18)19/h1-6H,7H2,(H,16,17)(H,18,19). The first-order valence-corrected chi connectivity index (χ1v) is 8.32. The third-order valence-corrected chi connectivity index (χ3v) is 4.73. The molecule has 0 fully saturated rings. The van der Waals surface area contributed by atoms with Crippen LogP contribution in [0.25, 0.3) is 0 Å². The second kappa shape index (κ2) is 6.51. The van der Waals surface area contributed by atoms with Gasteiger partial charge in [0.15, 0.2) is 0 Å². The number of benzene rings is 1. The Hall–Kier alpha value is -1.83. The van der Waals surface area contributed by atoms with Crippen LogP contribution in [0.5, 0.6) is 0 Å². The molecule has 0 aliphatic rings. The Bertz CT molecular complexity index is 825. The largest absolute Gasteiger partial charge is 0.477 e. The summed E-state index contributed by atoms with van der Waals surface area (Å²) >= 11 is 11.8. The molecule has 0 atom stereocenters. The van der Waals surface area contributed by atoms with Gasteiger partial charge in [0.2, 0.25) is 10.0 Å². The first kappa shape index (κ1) is 16.5. The van der Waals surface area contributed by atoms with Crippen LogP contribution in [0.15, 0.2) is 36.5 Å². The Morgan fingerprint density at radius 1 is 1.27 bits per heavy atom. The SMILES string of the molecule is O=C(O)c1cc(NS(=O)(=O)Cc2cccc(Cl)c2Cl)ccn1. The van der Waals surface area contributed by atoms with Gasteiger partial charge in [-0.2, -0.15) is 0 Å². The molecule has 1 heterocycles. The molecule has 1 aromatic carbocycles. The van der Waals surface area contributed by atoms with Crippen molar-refractivity contribution < 1.29 is 18.3 Å². The lowest BCUT2D eigenvalue weighted by Gasteiger charge is -2.10. The maximum absolute atomic E-state index is 12.1. The number of aromatic nitrogens is 1. The van der Waals surface area contributed by atoms with E-state index in [9.17, 15) is 13.2 Å². The topological polar surface area (TPSA) is 96.4 Å². The molecule has 0 aliphatic heterocycles. The Balaban J connectivity index is 2.23. The van der Waals surface area contributed by atoms with Crippen molar-refractivity contribution in [1.29, 1.82) is 0 Å².